The highest BCUT2D eigenvalue weighted by atomic mass is 16.3. The second-order valence-electron chi connectivity index (χ2n) is 4.53. The quantitative estimate of drug-likeness (QED) is 0.643. The Labute approximate surface area is 82.1 Å². The monoisotopic (exact) mass is 188 g/mol. The van der Waals surface area contributed by atoms with Crippen LogP contribution in [0.15, 0.2) is 0 Å². The fraction of sp³-hybridized carbons (Fsp3) is 1.00. The molecule has 0 aromatic heterocycles. The van der Waals surface area contributed by atoms with Gasteiger partial charge < -0.3 is 15.3 Å². The molecule has 0 aliphatic rings. The molecule has 2 N–H and O–H groups in total. The molecule has 0 rings (SSSR count). The van der Waals surface area contributed by atoms with E-state index in [1.54, 1.807) is 0 Å². The van der Waals surface area contributed by atoms with Gasteiger partial charge in [0.05, 0.1) is 6.10 Å². The molecule has 0 aliphatic heterocycles. The minimum Gasteiger partial charge on any atom is -0.390 e. The lowest BCUT2D eigenvalue weighted by Crippen LogP contribution is -2.45. The molecule has 0 heterocycles. The maximum absolute atomic E-state index is 9.57. The fourth-order valence-corrected chi connectivity index (χ4v) is 1.01. The largest absolute Gasteiger partial charge is 0.390 e. The predicted molar refractivity (Wildman–Crippen MR) is 56.9 cm³/mol. The Morgan fingerprint density at radius 1 is 1.38 bits per heavy atom. The van der Waals surface area contributed by atoms with Crippen molar-refractivity contribution in [1.29, 1.82) is 0 Å². The summed E-state index contributed by atoms with van der Waals surface area (Å²) in [6.07, 6.45) is 0.794. The third kappa shape index (κ3) is 6.99. The SMILES string of the molecule is CCC(C)(C)NCC(O)CN(C)C. The summed E-state index contributed by atoms with van der Waals surface area (Å²) in [7, 11) is 3.93. The molecule has 0 aromatic carbocycles. The Hall–Kier alpha value is -0.120. The maximum atomic E-state index is 9.57. The van der Waals surface area contributed by atoms with Crippen molar-refractivity contribution in [3.63, 3.8) is 0 Å². The van der Waals surface area contributed by atoms with Crippen LogP contribution < -0.4 is 5.32 Å². The first kappa shape index (κ1) is 12.9. The first-order chi connectivity index (χ1) is 5.87. The van der Waals surface area contributed by atoms with Gasteiger partial charge in [0.25, 0.3) is 0 Å². The molecule has 80 valence electrons. The second kappa shape index (κ2) is 5.58. The number of nitrogens with one attached hydrogen (secondary N) is 1. The zero-order valence-electron chi connectivity index (χ0n) is 9.59. The lowest BCUT2D eigenvalue weighted by molar-refractivity contribution is 0.125. The summed E-state index contributed by atoms with van der Waals surface area (Å²) in [4.78, 5) is 1.99. The highest BCUT2D eigenvalue weighted by Gasteiger charge is 2.15. The van der Waals surface area contributed by atoms with Gasteiger partial charge in [-0.05, 0) is 34.4 Å². The van der Waals surface area contributed by atoms with E-state index in [9.17, 15) is 5.11 Å². The smallest absolute Gasteiger partial charge is 0.0791 e. The summed E-state index contributed by atoms with van der Waals surface area (Å²) in [5.74, 6) is 0. The van der Waals surface area contributed by atoms with Crippen molar-refractivity contribution in [2.24, 2.45) is 0 Å². The van der Waals surface area contributed by atoms with E-state index in [1.165, 1.54) is 0 Å². The van der Waals surface area contributed by atoms with Crippen molar-refractivity contribution in [2.75, 3.05) is 27.2 Å². The molecule has 0 aliphatic carbocycles. The molecular weight excluding hydrogens is 164 g/mol. The minimum absolute atomic E-state index is 0.132. The summed E-state index contributed by atoms with van der Waals surface area (Å²) in [6.45, 7) is 7.82. The van der Waals surface area contributed by atoms with Crippen molar-refractivity contribution >= 4 is 0 Å². The van der Waals surface area contributed by atoms with E-state index < -0.39 is 0 Å². The predicted octanol–water partition coefficient (Wildman–Crippen LogP) is 0.687. The molecule has 3 heteroatoms. The van der Waals surface area contributed by atoms with Crippen LogP contribution in [-0.2, 0) is 0 Å². The van der Waals surface area contributed by atoms with Gasteiger partial charge in [-0.2, -0.15) is 0 Å². The zero-order valence-corrected chi connectivity index (χ0v) is 9.59. The molecule has 0 radical (unpaired) electrons. The van der Waals surface area contributed by atoms with Gasteiger partial charge in [-0.1, -0.05) is 6.92 Å². The van der Waals surface area contributed by atoms with Gasteiger partial charge in [-0.15, -0.1) is 0 Å². The van der Waals surface area contributed by atoms with Crippen LogP contribution in [-0.4, -0.2) is 48.8 Å². The molecule has 0 aromatic rings. The molecule has 0 fully saturated rings. The van der Waals surface area contributed by atoms with Gasteiger partial charge in [0.1, 0.15) is 0 Å². The first-order valence-corrected chi connectivity index (χ1v) is 4.95. The number of aliphatic hydroxyl groups is 1. The van der Waals surface area contributed by atoms with Gasteiger partial charge >= 0.3 is 0 Å². The van der Waals surface area contributed by atoms with Crippen LogP contribution in [0.5, 0.6) is 0 Å². The maximum Gasteiger partial charge on any atom is 0.0791 e. The number of aliphatic hydroxyl groups excluding tert-OH is 1. The standard InChI is InChI=1S/C10H24N2O/c1-6-10(2,3)11-7-9(13)8-12(4)5/h9,11,13H,6-8H2,1-5H3. The zero-order chi connectivity index (χ0) is 10.5. The molecule has 0 saturated heterocycles. The van der Waals surface area contributed by atoms with E-state index in [0.717, 1.165) is 6.42 Å². The first-order valence-electron chi connectivity index (χ1n) is 4.95. The van der Waals surface area contributed by atoms with Crippen molar-refractivity contribution in [3.8, 4) is 0 Å². The van der Waals surface area contributed by atoms with Gasteiger partial charge in [0.2, 0.25) is 0 Å². The van der Waals surface area contributed by atoms with Crippen LogP contribution in [0.4, 0.5) is 0 Å². The summed E-state index contributed by atoms with van der Waals surface area (Å²) >= 11 is 0. The fourth-order valence-electron chi connectivity index (χ4n) is 1.01. The van der Waals surface area contributed by atoms with Crippen LogP contribution in [0.3, 0.4) is 0 Å². The van der Waals surface area contributed by atoms with Gasteiger partial charge in [0, 0.05) is 18.6 Å². The molecule has 1 unspecified atom stereocenters. The second-order valence-corrected chi connectivity index (χ2v) is 4.53. The molecular formula is C10H24N2O. The van der Waals surface area contributed by atoms with Crippen LogP contribution in [0, 0.1) is 0 Å². The van der Waals surface area contributed by atoms with E-state index in [1.807, 2.05) is 19.0 Å². The minimum atomic E-state index is -0.277. The number of hydrogen-bond donors (Lipinski definition) is 2. The van der Waals surface area contributed by atoms with E-state index in [-0.39, 0.29) is 11.6 Å². The Morgan fingerprint density at radius 2 is 1.92 bits per heavy atom. The normalized spacial score (nSPS) is 15.0. The lowest BCUT2D eigenvalue weighted by atomic mass is 10.0. The average Bonchev–Trinajstić information content (AvgIpc) is 2.00. The van der Waals surface area contributed by atoms with Crippen molar-refractivity contribution < 1.29 is 5.11 Å². The molecule has 13 heavy (non-hydrogen) atoms. The summed E-state index contributed by atoms with van der Waals surface area (Å²) in [5.41, 5.74) is 0.132. The lowest BCUT2D eigenvalue weighted by Gasteiger charge is -2.27. The number of hydrogen-bond acceptors (Lipinski definition) is 3. The number of likely N-dealkylation sites (N-methyl/N-ethyl adjacent to an activating group) is 1. The summed E-state index contributed by atoms with van der Waals surface area (Å²) in [5, 5.41) is 12.9. The van der Waals surface area contributed by atoms with Crippen LogP contribution in [0.25, 0.3) is 0 Å². The third-order valence-corrected chi connectivity index (χ3v) is 2.28. The molecule has 1 atom stereocenters. The molecule has 0 saturated carbocycles. The van der Waals surface area contributed by atoms with Crippen LogP contribution in [0.2, 0.25) is 0 Å². The van der Waals surface area contributed by atoms with Gasteiger partial charge in [-0.25, -0.2) is 0 Å². The number of nitrogens with zero attached hydrogens (tertiary/aromatic N) is 1. The number of β-amino-alcohol motifs (C(OH)–C–C–N with tert-alkyl or cyclic N) is 1. The summed E-state index contributed by atoms with van der Waals surface area (Å²) < 4.78 is 0. The Kier molecular flexibility index (Phi) is 5.53. The Bertz CT molecular complexity index is 135. The van der Waals surface area contributed by atoms with Crippen molar-refractivity contribution in [2.45, 2.75) is 38.8 Å². The third-order valence-electron chi connectivity index (χ3n) is 2.28. The van der Waals surface area contributed by atoms with Gasteiger partial charge in [-0.3, -0.25) is 0 Å². The van der Waals surface area contributed by atoms with Crippen LogP contribution >= 0.6 is 0 Å². The molecule has 0 amide bonds. The number of rotatable bonds is 6. The van der Waals surface area contributed by atoms with E-state index in [0.29, 0.717) is 13.1 Å². The van der Waals surface area contributed by atoms with Crippen molar-refractivity contribution in [3.05, 3.63) is 0 Å². The highest BCUT2D eigenvalue weighted by Crippen LogP contribution is 2.06. The van der Waals surface area contributed by atoms with Gasteiger partial charge in [0.15, 0.2) is 0 Å². The molecule has 0 bridgehead atoms. The van der Waals surface area contributed by atoms with E-state index >= 15 is 0 Å². The summed E-state index contributed by atoms with van der Waals surface area (Å²) in [6, 6.07) is 0. The van der Waals surface area contributed by atoms with Crippen molar-refractivity contribution in [1.82, 2.24) is 10.2 Å². The molecule has 0 spiro atoms. The van der Waals surface area contributed by atoms with Crippen LogP contribution in [0.1, 0.15) is 27.2 Å². The Balaban J connectivity index is 3.63. The molecule has 3 nitrogen and oxygen atoms in total. The van der Waals surface area contributed by atoms with E-state index in [2.05, 4.69) is 26.1 Å². The topological polar surface area (TPSA) is 35.5 Å². The Morgan fingerprint density at radius 3 is 2.31 bits per heavy atom. The van der Waals surface area contributed by atoms with E-state index in [4.69, 9.17) is 0 Å². The average molecular weight is 188 g/mol. The highest BCUT2D eigenvalue weighted by molar-refractivity contribution is 4.77.